The predicted molar refractivity (Wildman–Crippen MR) is 185 cm³/mol. The maximum absolute atomic E-state index is 14.7. The lowest BCUT2D eigenvalue weighted by molar-refractivity contribution is -0.142. The lowest BCUT2D eigenvalue weighted by Gasteiger charge is -2.35. The summed E-state index contributed by atoms with van der Waals surface area (Å²) < 4.78 is 5.58. The van der Waals surface area contributed by atoms with Gasteiger partial charge in [0, 0.05) is 19.5 Å². The smallest absolute Gasteiger partial charge is 0.408 e. The molecule has 3 aromatic carbocycles. The molecule has 7 heteroatoms. The van der Waals surface area contributed by atoms with Gasteiger partial charge in [-0.15, -0.1) is 0 Å². The van der Waals surface area contributed by atoms with Gasteiger partial charge in [0.25, 0.3) is 0 Å². The summed E-state index contributed by atoms with van der Waals surface area (Å²) in [5.74, 6) is -0.578. The number of carbonyl (C=O) groups is 3. The summed E-state index contributed by atoms with van der Waals surface area (Å²) in [6.45, 7) is 10.4. The number of benzene rings is 3. The van der Waals surface area contributed by atoms with E-state index in [-0.39, 0.29) is 18.2 Å². The molecule has 0 fully saturated rings. The Morgan fingerprint density at radius 1 is 0.739 bits per heavy atom. The van der Waals surface area contributed by atoms with Crippen LogP contribution in [0.15, 0.2) is 84.9 Å². The van der Waals surface area contributed by atoms with Gasteiger partial charge in [0.2, 0.25) is 11.8 Å². The second kappa shape index (κ2) is 18.7. The molecule has 0 aliphatic heterocycles. The van der Waals surface area contributed by atoms with Crippen molar-refractivity contribution in [2.24, 2.45) is 0 Å². The molecule has 2 atom stereocenters. The number of hydrogen-bond donors (Lipinski definition) is 2. The highest BCUT2D eigenvalue weighted by Gasteiger charge is 2.36. The topological polar surface area (TPSA) is 87.7 Å². The van der Waals surface area contributed by atoms with Crippen molar-refractivity contribution in [1.29, 1.82) is 0 Å². The number of hydrogen-bond acceptors (Lipinski definition) is 4. The Bertz CT molecular complexity index is 1340. The Morgan fingerprint density at radius 3 is 1.91 bits per heavy atom. The fourth-order valence-electron chi connectivity index (χ4n) is 5.42. The quantitative estimate of drug-likeness (QED) is 0.149. The molecule has 7 nitrogen and oxygen atoms in total. The van der Waals surface area contributed by atoms with Crippen LogP contribution in [0.5, 0.6) is 0 Å². The van der Waals surface area contributed by atoms with Crippen LogP contribution in [0.1, 0.15) is 101 Å². The summed E-state index contributed by atoms with van der Waals surface area (Å²) >= 11 is 0. The van der Waals surface area contributed by atoms with Crippen molar-refractivity contribution in [3.63, 3.8) is 0 Å². The number of rotatable bonds is 17. The minimum Gasteiger partial charge on any atom is -0.444 e. The van der Waals surface area contributed by atoms with Crippen molar-refractivity contribution < 1.29 is 19.1 Å². The number of unbranched alkanes of at least 4 members (excludes halogenated alkanes) is 5. The first-order valence-electron chi connectivity index (χ1n) is 16.9. The first-order chi connectivity index (χ1) is 22.1. The van der Waals surface area contributed by atoms with Crippen LogP contribution >= 0.6 is 0 Å². The molecule has 0 saturated carbocycles. The van der Waals surface area contributed by atoms with Crippen molar-refractivity contribution in [2.75, 3.05) is 6.54 Å². The van der Waals surface area contributed by atoms with E-state index >= 15 is 0 Å². The van der Waals surface area contributed by atoms with E-state index < -0.39 is 23.8 Å². The molecule has 2 unspecified atom stereocenters. The lowest BCUT2D eigenvalue weighted by Crippen LogP contribution is -2.54. The third-order valence-electron chi connectivity index (χ3n) is 7.88. The van der Waals surface area contributed by atoms with Crippen molar-refractivity contribution in [1.82, 2.24) is 15.5 Å². The zero-order valence-corrected chi connectivity index (χ0v) is 28.4. The number of alkyl carbamates (subject to hydrolysis) is 1. The van der Waals surface area contributed by atoms with Crippen LogP contribution in [-0.2, 0) is 33.7 Å². The van der Waals surface area contributed by atoms with E-state index in [1.807, 2.05) is 84.9 Å². The van der Waals surface area contributed by atoms with Gasteiger partial charge in [-0.25, -0.2) is 4.79 Å². The SMILES string of the molecule is CCCCCCCCN(C(=O)C(Cc1ccccc1)NC(=O)OC(C)(C)C)C(C(=O)NCc1ccccc1)c1ccc(CC)cc1. The molecule has 248 valence electrons. The fraction of sp³-hybridized carbons (Fsp3) is 0.462. The second-order valence-corrected chi connectivity index (χ2v) is 12.9. The molecular weight excluding hydrogens is 574 g/mol. The summed E-state index contributed by atoms with van der Waals surface area (Å²) in [6, 6.07) is 25.5. The van der Waals surface area contributed by atoms with Gasteiger partial charge in [0.1, 0.15) is 17.7 Å². The van der Waals surface area contributed by atoms with E-state index in [1.54, 1.807) is 25.7 Å². The summed E-state index contributed by atoms with van der Waals surface area (Å²) in [5, 5.41) is 5.95. The number of aryl methyl sites for hydroxylation is 1. The molecule has 0 aromatic heterocycles. The van der Waals surface area contributed by atoms with Gasteiger partial charge in [-0.3, -0.25) is 9.59 Å². The summed E-state index contributed by atoms with van der Waals surface area (Å²) in [7, 11) is 0. The molecule has 0 spiro atoms. The van der Waals surface area contributed by atoms with Gasteiger partial charge in [-0.2, -0.15) is 0 Å². The van der Waals surface area contributed by atoms with Crippen LogP contribution in [0.4, 0.5) is 4.79 Å². The molecule has 3 rings (SSSR count). The number of nitrogens with one attached hydrogen (secondary N) is 2. The molecule has 2 N–H and O–H groups in total. The van der Waals surface area contributed by atoms with Crippen LogP contribution in [0.2, 0.25) is 0 Å². The van der Waals surface area contributed by atoms with E-state index in [0.717, 1.165) is 60.8 Å². The summed E-state index contributed by atoms with van der Waals surface area (Å²) in [6.07, 6.45) is 6.68. The molecule has 46 heavy (non-hydrogen) atoms. The van der Waals surface area contributed by atoms with E-state index in [2.05, 4.69) is 24.5 Å². The Balaban J connectivity index is 2.00. The molecule has 0 aliphatic carbocycles. The molecule has 0 heterocycles. The standard InChI is InChI=1S/C39H53N3O4/c1-6-8-9-10-11-18-27-42(37(44)34(28-31-19-14-12-15-20-31)41-38(45)46-39(3,4)5)35(33-25-23-30(7-2)24-26-33)36(43)40-29-32-21-16-13-17-22-32/h12-17,19-26,34-35H,6-11,18,27-29H2,1-5H3,(H,40,43)(H,41,45). The average molecular weight is 628 g/mol. The Kier molecular flexibility index (Phi) is 14.8. The maximum Gasteiger partial charge on any atom is 0.408 e. The fourth-order valence-corrected chi connectivity index (χ4v) is 5.42. The van der Waals surface area contributed by atoms with Gasteiger partial charge in [0.05, 0.1) is 0 Å². The lowest BCUT2D eigenvalue weighted by atomic mass is 9.98. The highest BCUT2D eigenvalue weighted by molar-refractivity contribution is 5.92. The van der Waals surface area contributed by atoms with Crippen LogP contribution in [0.25, 0.3) is 0 Å². The zero-order chi connectivity index (χ0) is 33.4. The van der Waals surface area contributed by atoms with Crippen molar-refractivity contribution in [2.45, 2.75) is 110 Å². The first-order valence-corrected chi connectivity index (χ1v) is 16.9. The highest BCUT2D eigenvalue weighted by atomic mass is 16.6. The summed E-state index contributed by atoms with van der Waals surface area (Å²) in [5.41, 5.74) is 3.02. The minimum atomic E-state index is -0.934. The van der Waals surface area contributed by atoms with E-state index in [1.165, 1.54) is 6.42 Å². The number of nitrogens with zero attached hydrogens (tertiary/aromatic N) is 1. The van der Waals surface area contributed by atoms with Gasteiger partial charge in [-0.05, 0) is 55.9 Å². The first kappa shape index (κ1) is 36.3. The normalized spacial score (nSPS) is 12.5. The monoisotopic (exact) mass is 627 g/mol. The molecule has 0 saturated heterocycles. The molecular formula is C39H53N3O4. The van der Waals surface area contributed by atoms with Crippen LogP contribution in [-0.4, -0.2) is 41.0 Å². The number of amides is 3. The van der Waals surface area contributed by atoms with E-state index in [9.17, 15) is 14.4 Å². The molecule has 0 aliphatic rings. The van der Waals surface area contributed by atoms with Crippen LogP contribution in [0, 0.1) is 0 Å². The maximum atomic E-state index is 14.7. The number of carbonyl (C=O) groups excluding carboxylic acids is 3. The molecule has 3 amide bonds. The zero-order valence-electron chi connectivity index (χ0n) is 28.4. The van der Waals surface area contributed by atoms with Gasteiger partial charge < -0.3 is 20.3 Å². The minimum absolute atomic E-state index is 0.261. The predicted octanol–water partition coefficient (Wildman–Crippen LogP) is 7.93. The highest BCUT2D eigenvalue weighted by Crippen LogP contribution is 2.25. The summed E-state index contributed by atoms with van der Waals surface area (Å²) in [4.78, 5) is 43.6. The molecule has 0 bridgehead atoms. The Labute approximate surface area is 276 Å². The van der Waals surface area contributed by atoms with E-state index in [0.29, 0.717) is 13.1 Å². The largest absolute Gasteiger partial charge is 0.444 e. The number of ether oxygens (including phenoxy) is 1. The molecule has 0 radical (unpaired) electrons. The van der Waals surface area contributed by atoms with Gasteiger partial charge in [-0.1, -0.05) is 131 Å². The van der Waals surface area contributed by atoms with Gasteiger partial charge in [0.15, 0.2) is 0 Å². The third-order valence-corrected chi connectivity index (χ3v) is 7.88. The third kappa shape index (κ3) is 12.3. The van der Waals surface area contributed by atoms with E-state index in [4.69, 9.17) is 4.74 Å². The van der Waals surface area contributed by atoms with Crippen molar-refractivity contribution in [3.05, 3.63) is 107 Å². The molecule has 3 aromatic rings. The Morgan fingerprint density at radius 2 is 1.33 bits per heavy atom. The van der Waals surface area contributed by atoms with Crippen molar-refractivity contribution >= 4 is 17.9 Å². The van der Waals surface area contributed by atoms with Crippen LogP contribution in [0.3, 0.4) is 0 Å². The van der Waals surface area contributed by atoms with Crippen LogP contribution < -0.4 is 10.6 Å². The average Bonchev–Trinajstić information content (AvgIpc) is 3.04. The Hall–Kier alpha value is -4.13. The van der Waals surface area contributed by atoms with Gasteiger partial charge >= 0.3 is 6.09 Å². The van der Waals surface area contributed by atoms with Crippen molar-refractivity contribution in [3.8, 4) is 0 Å². The second-order valence-electron chi connectivity index (χ2n) is 12.9.